The minimum atomic E-state index is -1.14. The van der Waals surface area contributed by atoms with Crippen molar-refractivity contribution < 1.29 is 23.9 Å². The zero-order chi connectivity index (χ0) is 19.8. The van der Waals surface area contributed by atoms with Crippen molar-refractivity contribution in [2.45, 2.75) is 19.8 Å². The molecule has 2 amide bonds. The summed E-state index contributed by atoms with van der Waals surface area (Å²) in [6.07, 6.45) is 0.184. The topological polar surface area (TPSA) is 86.7 Å². The summed E-state index contributed by atoms with van der Waals surface area (Å²) in [5.74, 6) is -2.53. The van der Waals surface area contributed by atoms with Crippen molar-refractivity contribution in [3.8, 4) is 0 Å². The summed E-state index contributed by atoms with van der Waals surface area (Å²) >= 11 is 0. The maximum absolute atomic E-state index is 13.9. The Hall–Kier alpha value is -3.22. The van der Waals surface area contributed by atoms with E-state index in [9.17, 15) is 18.8 Å². The van der Waals surface area contributed by atoms with Crippen LogP contribution in [-0.4, -0.2) is 40.9 Å². The zero-order valence-electron chi connectivity index (χ0n) is 14.9. The molecule has 2 aromatic carbocycles. The van der Waals surface area contributed by atoms with Gasteiger partial charge in [0.05, 0.1) is 13.0 Å². The van der Waals surface area contributed by atoms with Gasteiger partial charge >= 0.3 is 5.97 Å². The van der Waals surface area contributed by atoms with Crippen LogP contribution in [0.3, 0.4) is 0 Å². The first-order chi connectivity index (χ1) is 12.8. The fraction of sp³-hybridized carbons (Fsp3) is 0.250. The van der Waals surface area contributed by atoms with Crippen LogP contribution in [0, 0.1) is 5.82 Å². The molecule has 0 bridgehead atoms. The molecule has 2 rings (SSSR count). The van der Waals surface area contributed by atoms with E-state index in [1.54, 1.807) is 0 Å². The number of nitrogens with one attached hydrogen (secondary N) is 1. The number of halogens is 1. The molecule has 27 heavy (non-hydrogen) atoms. The molecule has 7 heteroatoms. The lowest BCUT2D eigenvalue weighted by Crippen LogP contribution is -2.38. The minimum absolute atomic E-state index is 0.0359. The molecule has 6 nitrogen and oxygen atoms in total. The van der Waals surface area contributed by atoms with Gasteiger partial charge in [-0.1, -0.05) is 36.4 Å². The van der Waals surface area contributed by atoms with Crippen molar-refractivity contribution in [3.05, 3.63) is 65.5 Å². The van der Waals surface area contributed by atoms with E-state index in [1.807, 2.05) is 30.3 Å². The van der Waals surface area contributed by atoms with Crippen LogP contribution < -0.4 is 5.32 Å². The van der Waals surface area contributed by atoms with E-state index in [-0.39, 0.29) is 23.7 Å². The average molecular weight is 372 g/mol. The average Bonchev–Trinajstić information content (AvgIpc) is 2.61. The number of anilines is 1. The summed E-state index contributed by atoms with van der Waals surface area (Å²) in [5, 5.41) is 11.2. The Labute approximate surface area is 156 Å². The van der Waals surface area contributed by atoms with Gasteiger partial charge in [0.1, 0.15) is 5.82 Å². The van der Waals surface area contributed by atoms with Crippen molar-refractivity contribution in [1.29, 1.82) is 0 Å². The van der Waals surface area contributed by atoms with E-state index >= 15 is 0 Å². The Kier molecular flexibility index (Phi) is 7.05. The second kappa shape index (κ2) is 9.47. The summed E-state index contributed by atoms with van der Waals surface area (Å²) in [6, 6.07) is 13.4. The van der Waals surface area contributed by atoms with Gasteiger partial charge in [-0.05, 0) is 29.7 Å². The molecule has 0 aliphatic rings. The van der Waals surface area contributed by atoms with Gasteiger partial charge in [-0.2, -0.15) is 0 Å². The molecule has 0 unspecified atom stereocenters. The molecule has 0 heterocycles. The van der Waals surface area contributed by atoms with Gasteiger partial charge in [-0.15, -0.1) is 0 Å². The Balaban J connectivity index is 1.94. The number of aliphatic carboxylic acids is 1. The normalized spacial score (nSPS) is 10.3. The second-order valence-electron chi connectivity index (χ2n) is 6.10. The van der Waals surface area contributed by atoms with Crippen molar-refractivity contribution in [2.75, 3.05) is 18.4 Å². The van der Waals surface area contributed by atoms with Gasteiger partial charge in [-0.3, -0.25) is 14.4 Å². The number of amides is 2. The van der Waals surface area contributed by atoms with Crippen LogP contribution in [0.5, 0.6) is 0 Å². The summed E-state index contributed by atoms with van der Waals surface area (Å²) < 4.78 is 13.9. The molecule has 0 radical (unpaired) electrons. The van der Waals surface area contributed by atoms with Crippen molar-refractivity contribution in [1.82, 2.24) is 4.90 Å². The quantitative estimate of drug-likeness (QED) is 0.745. The lowest BCUT2D eigenvalue weighted by atomic mass is 10.1. The minimum Gasteiger partial charge on any atom is -0.481 e. The smallest absolute Gasteiger partial charge is 0.307 e. The third-order valence-electron chi connectivity index (χ3n) is 3.97. The molecular weight excluding hydrogens is 351 g/mol. The number of carbonyl (C=O) groups is 3. The first-order valence-electron chi connectivity index (χ1n) is 8.44. The Bertz CT molecular complexity index is 824. The first-order valence-corrected chi connectivity index (χ1v) is 8.44. The van der Waals surface area contributed by atoms with Crippen LogP contribution in [0.1, 0.15) is 18.1 Å². The first kappa shape index (κ1) is 20.1. The van der Waals surface area contributed by atoms with Gasteiger partial charge in [0, 0.05) is 19.2 Å². The number of carbonyl (C=O) groups excluding carboxylic acids is 2. The van der Waals surface area contributed by atoms with Crippen molar-refractivity contribution >= 4 is 23.5 Å². The molecule has 0 aliphatic heterocycles. The lowest BCUT2D eigenvalue weighted by Gasteiger charge is -2.20. The van der Waals surface area contributed by atoms with Crippen LogP contribution in [0.2, 0.25) is 0 Å². The monoisotopic (exact) mass is 372 g/mol. The molecule has 0 saturated carbocycles. The SMILES string of the molecule is CC(=O)N(CCc1ccccc1)CC(=O)Nc1ccc(CC(=O)O)c(F)c1. The van der Waals surface area contributed by atoms with Crippen LogP contribution in [0.4, 0.5) is 10.1 Å². The standard InChI is InChI=1S/C20H21FN2O4/c1-14(24)23(10-9-15-5-3-2-4-6-15)13-19(25)22-17-8-7-16(11-20(26)27)18(21)12-17/h2-8,12H,9-11,13H2,1H3,(H,22,25)(H,26,27). The van der Waals surface area contributed by atoms with Crippen LogP contribution >= 0.6 is 0 Å². The van der Waals surface area contributed by atoms with E-state index in [1.165, 1.54) is 24.0 Å². The van der Waals surface area contributed by atoms with E-state index in [2.05, 4.69) is 5.32 Å². The second-order valence-corrected chi connectivity index (χ2v) is 6.10. The molecule has 0 spiro atoms. The number of benzene rings is 2. The molecule has 0 atom stereocenters. The molecule has 2 N–H and O–H groups in total. The molecule has 0 aromatic heterocycles. The highest BCUT2D eigenvalue weighted by Gasteiger charge is 2.15. The Morgan fingerprint density at radius 3 is 2.41 bits per heavy atom. The maximum Gasteiger partial charge on any atom is 0.307 e. The highest BCUT2D eigenvalue weighted by Crippen LogP contribution is 2.15. The van der Waals surface area contributed by atoms with Gasteiger partial charge in [0.2, 0.25) is 11.8 Å². The van der Waals surface area contributed by atoms with Crippen LogP contribution in [-0.2, 0) is 27.2 Å². The van der Waals surface area contributed by atoms with Crippen LogP contribution in [0.25, 0.3) is 0 Å². The molecule has 0 saturated heterocycles. The fourth-order valence-electron chi connectivity index (χ4n) is 2.56. The van der Waals surface area contributed by atoms with E-state index in [4.69, 9.17) is 5.11 Å². The number of hydrogen-bond acceptors (Lipinski definition) is 3. The van der Waals surface area contributed by atoms with E-state index in [0.717, 1.165) is 11.6 Å². The summed E-state index contributed by atoms with van der Waals surface area (Å²) in [7, 11) is 0. The summed E-state index contributed by atoms with van der Waals surface area (Å²) in [5.41, 5.74) is 1.30. The molecule has 142 valence electrons. The van der Waals surface area contributed by atoms with Gasteiger partial charge in [0.25, 0.3) is 0 Å². The van der Waals surface area contributed by atoms with Crippen LogP contribution in [0.15, 0.2) is 48.5 Å². The Morgan fingerprint density at radius 1 is 1.11 bits per heavy atom. The van der Waals surface area contributed by atoms with Gasteiger partial charge in [0.15, 0.2) is 0 Å². The molecular formula is C20H21FN2O4. The van der Waals surface area contributed by atoms with Crippen molar-refractivity contribution in [3.63, 3.8) is 0 Å². The van der Waals surface area contributed by atoms with Crippen molar-refractivity contribution in [2.24, 2.45) is 0 Å². The summed E-state index contributed by atoms with van der Waals surface area (Å²) in [6.45, 7) is 1.62. The largest absolute Gasteiger partial charge is 0.481 e. The van der Waals surface area contributed by atoms with E-state index in [0.29, 0.717) is 13.0 Å². The predicted molar refractivity (Wildman–Crippen MR) is 98.8 cm³/mol. The number of carboxylic acid groups (broad SMARTS) is 1. The Morgan fingerprint density at radius 2 is 1.81 bits per heavy atom. The highest BCUT2D eigenvalue weighted by molar-refractivity contribution is 5.94. The predicted octanol–water partition coefficient (Wildman–Crippen LogP) is 2.48. The summed E-state index contributed by atoms with van der Waals surface area (Å²) in [4.78, 5) is 36.0. The zero-order valence-corrected chi connectivity index (χ0v) is 14.9. The van der Waals surface area contributed by atoms with Gasteiger partial charge < -0.3 is 15.3 Å². The maximum atomic E-state index is 13.9. The highest BCUT2D eigenvalue weighted by atomic mass is 19.1. The number of nitrogens with zero attached hydrogens (tertiary/aromatic N) is 1. The lowest BCUT2D eigenvalue weighted by molar-refractivity contribution is -0.136. The number of hydrogen-bond donors (Lipinski definition) is 2. The molecule has 0 aliphatic carbocycles. The van der Waals surface area contributed by atoms with Gasteiger partial charge in [-0.25, -0.2) is 4.39 Å². The number of carboxylic acids is 1. The number of rotatable bonds is 8. The molecule has 0 fully saturated rings. The van der Waals surface area contributed by atoms with E-state index < -0.39 is 24.1 Å². The third-order valence-corrected chi connectivity index (χ3v) is 3.97. The molecule has 2 aromatic rings. The fourth-order valence-corrected chi connectivity index (χ4v) is 2.56. The third kappa shape index (κ3) is 6.54.